The van der Waals surface area contributed by atoms with E-state index in [1.165, 1.54) is 0 Å². The molecular weight excluding hydrogens is 336 g/mol. The number of halogens is 1. The molecule has 2 rings (SSSR count). The molecule has 0 aromatic heterocycles. The first-order valence-electron chi connectivity index (χ1n) is 7.02. The lowest BCUT2D eigenvalue weighted by Crippen LogP contribution is -2.51. The number of carboxylic acids is 1. The van der Waals surface area contributed by atoms with Gasteiger partial charge in [-0.2, -0.15) is 0 Å². The largest absolute Gasteiger partial charge is 0.481 e. The second kappa shape index (κ2) is 6.93. The number of hydrogen-bond donors (Lipinski definition) is 3. The van der Waals surface area contributed by atoms with E-state index in [2.05, 4.69) is 26.6 Å². The van der Waals surface area contributed by atoms with Crippen LogP contribution in [0, 0.1) is 0 Å². The second-order valence-corrected chi connectivity index (χ2v) is 6.31. The van der Waals surface area contributed by atoms with E-state index in [4.69, 9.17) is 5.11 Å². The van der Waals surface area contributed by atoms with E-state index in [1.807, 2.05) is 24.3 Å². The molecule has 114 valence electrons. The fraction of sp³-hybridized carbons (Fsp3) is 0.467. The third-order valence-electron chi connectivity index (χ3n) is 3.83. The van der Waals surface area contributed by atoms with Crippen LogP contribution >= 0.6 is 15.9 Å². The van der Waals surface area contributed by atoms with Crippen LogP contribution in [0.25, 0.3) is 0 Å². The molecule has 21 heavy (non-hydrogen) atoms. The SMILES string of the molecule is O=C(O)CC1(NC(=O)NCc2ccccc2Br)CCCC1. The Kier molecular flexibility index (Phi) is 5.22. The van der Waals surface area contributed by atoms with Crippen molar-refractivity contribution in [2.45, 2.75) is 44.2 Å². The number of rotatable bonds is 5. The average Bonchev–Trinajstić information content (AvgIpc) is 2.85. The lowest BCUT2D eigenvalue weighted by atomic mass is 9.93. The lowest BCUT2D eigenvalue weighted by Gasteiger charge is -2.28. The van der Waals surface area contributed by atoms with E-state index in [9.17, 15) is 9.59 Å². The molecule has 0 heterocycles. The van der Waals surface area contributed by atoms with Gasteiger partial charge in [0, 0.05) is 11.0 Å². The van der Waals surface area contributed by atoms with Crippen molar-refractivity contribution in [2.24, 2.45) is 0 Å². The van der Waals surface area contributed by atoms with Crippen molar-refractivity contribution in [3.8, 4) is 0 Å². The van der Waals surface area contributed by atoms with E-state index in [1.54, 1.807) is 0 Å². The van der Waals surface area contributed by atoms with E-state index in [-0.39, 0.29) is 12.5 Å². The average molecular weight is 355 g/mol. The van der Waals surface area contributed by atoms with Crippen LogP contribution in [0.4, 0.5) is 4.79 Å². The monoisotopic (exact) mass is 354 g/mol. The van der Waals surface area contributed by atoms with E-state index in [0.717, 1.165) is 35.7 Å². The number of carbonyl (C=O) groups excluding carboxylic acids is 1. The predicted molar refractivity (Wildman–Crippen MR) is 83.0 cm³/mol. The molecule has 1 aliphatic carbocycles. The summed E-state index contributed by atoms with van der Waals surface area (Å²) in [7, 11) is 0. The summed E-state index contributed by atoms with van der Waals surface area (Å²) in [6.45, 7) is 0.399. The van der Waals surface area contributed by atoms with E-state index in [0.29, 0.717) is 6.54 Å². The number of urea groups is 1. The third kappa shape index (κ3) is 4.46. The molecule has 6 heteroatoms. The van der Waals surface area contributed by atoms with Crippen LogP contribution in [0.15, 0.2) is 28.7 Å². The minimum absolute atomic E-state index is 0.0184. The zero-order valence-corrected chi connectivity index (χ0v) is 13.3. The minimum atomic E-state index is -0.872. The van der Waals surface area contributed by atoms with Gasteiger partial charge in [0.15, 0.2) is 0 Å². The molecule has 0 atom stereocenters. The highest BCUT2D eigenvalue weighted by molar-refractivity contribution is 9.10. The van der Waals surface area contributed by atoms with Crippen molar-refractivity contribution in [1.29, 1.82) is 0 Å². The Balaban J connectivity index is 1.91. The van der Waals surface area contributed by atoms with Gasteiger partial charge < -0.3 is 15.7 Å². The van der Waals surface area contributed by atoms with Gasteiger partial charge in [0.1, 0.15) is 0 Å². The van der Waals surface area contributed by atoms with Gasteiger partial charge in [-0.3, -0.25) is 4.79 Å². The molecule has 3 N–H and O–H groups in total. The Labute approximate surface area is 132 Å². The molecule has 1 fully saturated rings. The van der Waals surface area contributed by atoms with Gasteiger partial charge in [-0.1, -0.05) is 47.0 Å². The van der Waals surface area contributed by atoms with Crippen LogP contribution in [0.1, 0.15) is 37.7 Å². The number of nitrogens with one attached hydrogen (secondary N) is 2. The highest BCUT2D eigenvalue weighted by Gasteiger charge is 2.37. The van der Waals surface area contributed by atoms with Gasteiger partial charge in [-0.05, 0) is 24.5 Å². The maximum atomic E-state index is 12.0. The quantitative estimate of drug-likeness (QED) is 0.760. The van der Waals surface area contributed by atoms with Crippen LogP contribution in [0.5, 0.6) is 0 Å². The smallest absolute Gasteiger partial charge is 0.315 e. The van der Waals surface area contributed by atoms with Crippen molar-refractivity contribution < 1.29 is 14.7 Å². The van der Waals surface area contributed by atoms with Crippen LogP contribution in [-0.4, -0.2) is 22.6 Å². The van der Waals surface area contributed by atoms with Gasteiger partial charge in [0.25, 0.3) is 0 Å². The first-order valence-corrected chi connectivity index (χ1v) is 7.81. The first kappa shape index (κ1) is 15.8. The summed E-state index contributed by atoms with van der Waals surface area (Å²) >= 11 is 3.43. The maximum Gasteiger partial charge on any atom is 0.315 e. The molecule has 1 aromatic rings. The fourth-order valence-electron chi connectivity index (χ4n) is 2.79. The predicted octanol–water partition coefficient (Wildman–Crippen LogP) is 3.04. The van der Waals surface area contributed by atoms with Gasteiger partial charge in [0.2, 0.25) is 0 Å². The summed E-state index contributed by atoms with van der Waals surface area (Å²) < 4.78 is 0.936. The third-order valence-corrected chi connectivity index (χ3v) is 4.60. The summed E-state index contributed by atoms with van der Waals surface area (Å²) in [6.07, 6.45) is 3.34. The zero-order valence-electron chi connectivity index (χ0n) is 11.7. The number of benzene rings is 1. The number of aliphatic carboxylic acids is 1. The molecule has 1 aliphatic rings. The highest BCUT2D eigenvalue weighted by atomic mass is 79.9. The van der Waals surface area contributed by atoms with Crippen LogP contribution in [0.2, 0.25) is 0 Å². The van der Waals surface area contributed by atoms with Gasteiger partial charge in [-0.25, -0.2) is 4.79 Å². The van der Waals surface area contributed by atoms with Crippen molar-refractivity contribution in [2.75, 3.05) is 0 Å². The summed E-state index contributed by atoms with van der Waals surface area (Å²) in [6, 6.07) is 7.34. The maximum absolute atomic E-state index is 12.0. The summed E-state index contributed by atoms with van der Waals surface area (Å²) in [4.78, 5) is 23.0. The summed E-state index contributed by atoms with van der Waals surface area (Å²) in [5.74, 6) is -0.872. The molecule has 5 nitrogen and oxygen atoms in total. The lowest BCUT2D eigenvalue weighted by molar-refractivity contribution is -0.138. The molecule has 0 unspecified atom stereocenters. The second-order valence-electron chi connectivity index (χ2n) is 5.46. The topological polar surface area (TPSA) is 78.4 Å². The Bertz CT molecular complexity index is 527. The molecule has 1 saturated carbocycles. The fourth-order valence-corrected chi connectivity index (χ4v) is 3.21. The van der Waals surface area contributed by atoms with E-state index < -0.39 is 11.5 Å². The van der Waals surface area contributed by atoms with Crippen molar-refractivity contribution >= 4 is 27.9 Å². The molecule has 0 spiro atoms. The van der Waals surface area contributed by atoms with Crippen LogP contribution in [-0.2, 0) is 11.3 Å². The normalized spacial score (nSPS) is 16.4. The number of amides is 2. The number of hydrogen-bond acceptors (Lipinski definition) is 2. The molecule has 0 bridgehead atoms. The summed E-state index contributed by atoms with van der Waals surface area (Å²) in [5, 5.41) is 14.7. The Morgan fingerprint density at radius 2 is 1.90 bits per heavy atom. The van der Waals surface area contributed by atoms with E-state index >= 15 is 0 Å². The summed E-state index contributed by atoms with van der Waals surface area (Å²) in [5.41, 5.74) is 0.385. The van der Waals surface area contributed by atoms with Gasteiger partial charge in [-0.15, -0.1) is 0 Å². The molecule has 0 saturated heterocycles. The Morgan fingerprint density at radius 1 is 1.24 bits per heavy atom. The first-order chi connectivity index (χ1) is 10.0. The van der Waals surface area contributed by atoms with Crippen LogP contribution < -0.4 is 10.6 Å². The minimum Gasteiger partial charge on any atom is -0.481 e. The molecule has 0 radical (unpaired) electrons. The zero-order chi connectivity index (χ0) is 15.3. The van der Waals surface area contributed by atoms with Crippen molar-refractivity contribution in [3.63, 3.8) is 0 Å². The molecule has 0 aliphatic heterocycles. The Hall–Kier alpha value is -1.56. The van der Waals surface area contributed by atoms with Gasteiger partial charge in [0.05, 0.1) is 12.0 Å². The van der Waals surface area contributed by atoms with Gasteiger partial charge >= 0.3 is 12.0 Å². The molecule has 1 aromatic carbocycles. The Morgan fingerprint density at radius 3 is 2.52 bits per heavy atom. The van der Waals surface area contributed by atoms with Crippen LogP contribution in [0.3, 0.4) is 0 Å². The standard InChI is InChI=1S/C15H19BrN2O3/c16-12-6-2-1-5-11(12)10-17-14(21)18-15(9-13(19)20)7-3-4-8-15/h1-2,5-6H,3-4,7-10H2,(H,19,20)(H2,17,18,21). The highest BCUT2D eigenvalue weighted by Crippen LogP contribution is 2.32. The molecular formula is C15H19BrN2O3. The number of carboxylic acid groups (broad SMARTS) is 1. The molecule has 2 amide bonds. The van der Waals surface area contributed by atoms with Crippen molar-refractivity contribution in [3.05, 3.63) is 34.3 Å². The number of carbonyl (C=O) groups is 2. The van der Waals surface area contributed by atoms with Crippen molar-refractivity contribution in [1.82, 2.24) is 10.6 Å².